The lowest BCUT2D eigenvalue weighted by Crippen LogP contribution is -2.22. The van der Waals surface area contributed by atoms with Gasteiger partial charge in [0.25, 0.3) is 0 Å². The summed E-state index contributed by atoms with van der Waals surface area (Å²) < 4.78 is 1.12. The third kappa shape index (κ3) is 4.35. The number of benzene rings is 1. The quantitative estimate of drug-likeness (QED) is 0.878. The predicted molar refractivity (Wildman–Crippen MR) is 87.9 cm³/mol. The molecule has 106 valence electrons. The summed E-state index contributed by atoms with van der Waals surface area (Å²) in [6.07, 6.45) is 0. The number of hydrogen-bond acceptors (Lipinski definition) is 3. The summed E-state index contributed by atoms with van der Waals surface area (Å²) in [5.74, 6) is 0.0757. The molecule has 1 amide bonds. The molecule has 0 saturated heterocycles. The number of nitrogens with zero attached hydrogens (tertiary/aromatic N) is 1. The molecule has 1 heterocycles. The standard InChI is InChI=1S/C15H17BrN2OS/c1-11(19)18(2)9-12-4-3-5-14(6-12)17-8-15-7-13(16)10-20-15/h3-7,10,17H,8-9H2,1-2H3. The van der Waals surface area contributed by atoms with E-state index in [0.29, 0.717) is 6.54 Å². The van der Waals surface area contributed by atoms with Crippen LogP contribution in [0.3, 0.4) is 0 Å². The average molecular weight is 353 g/mol. The summed E-state index contributed by atoms with van der Waals surface area (Å²) in [6, 6.07) is 10.3. The van der Waals surface area contributed by atoms with Crippen LogP contribution in [-0.2, 0) is 17.9 Å². The molecular formula is C15H17BrN2OS. The summed E-state index contributed by atoms with van der Waals surface area (Å²) in [5, 5.41) is 5.48. The van der Waals surface area contributed by atoms with Crippen molar-refractivity contribution in [2.45, 2.75) is 20.0 Å². The topological polar surface area (TPSA) is 32.3 Å². The zero-order valence-corrected chi connectivity index (χ0v) is 13.9. The molecule has 0 bridgehead atoms. The van der Waals surface area contributed by atoms with Gasteiger partial charge in [-0.1, -0.05) is 12.1 Å². The molecule has 0 fully saturated rings. The minimum Gasteiger partial charge on any atom is -0.380 e. The van der Waals surface area contributed by atoms with Gasteiger partial charge >= 0.3 is 0 Å². The molecule has 3 nitrogen and oxygen atoms in total. The molecular weight excluding hydrogens is 336 g/mol. The molecule has 1 aromatic heterocycles. The van der Waals surface area contributed by atoms with Gasteiger partial charge in [0.15, 0.2) is 0 Å². The fourth-order valence-electron chi connectivity index (χ4n) is 1.80. The zero-order chi connectivity index (χ0) is 14.5. The molecule has 2 aromatic rings. The normalized spacial score (nSPS) is 10.3. The second-order valence-electron chi connectivity index (χ2n) is 4.66. The first-order valence-corrected chi connectivity index (χ1v) is 7.99. The number of rotatable bonds is 5. The first-order valence-electron chi connectivity index (χ1n) is 6.32. The zero-order valence-electron chi connectivity index (χ0n) is 11.5. The molecule has 2 rings (SSSR count). The highest BCUT2D eigenvalue weighted by Crippen LogP contribution is 2.21. The van der Waals surface area contributed by atoms with Gasteiger partial charge in [0, 0.05) is 47.5 Å². The average Bonchev–Trinajstić information content (AvgIpc) is 2.82. The predicted octanol–water partition coefficient (Wildman–Crippen LogP) is 4.10. The maximum Gasteiger partial charge on any atom is 0.219 e. The van der Waals surface area contributed by atoms with E-state index in [1.165, 1.54) is 4.88 Å². The maximum absolute atomic E-state index is 11.3. The first kappa shape index (κ1) is 15.1. The number of thiophene rings is 1. The maximum atomic E-state index is 11.3. The third-order valence-corrected chi connectivity index (χ3v) is 4.67. The molecule has 1 aromatic carbocycles. The van der Waals surface area contributed by atoms with Gasteiger partial charge in [-0.3, -0.25) is 4.79 Å². The van der Waals surface area contributed by atoms with E-state index in [4.69, 9.17) is 0 Å². The van der Waals surface area contributed by atoms with Crippen LogP contribution in [0, 0.1) is 0 Å². The van der Waals surface area contributed by atoms with Gasteiger partial charge in [-0.15, -0.1) is 11.3 Å². The summed E-state index contributed by atoms with van der Waals surface area (Å²) in [7, 11) is 1.81. The molecule has 0 aliphatic carbocycles. The number of carbonyl (C=O) groups excluding carboxylic acids is 1. The Kier molecular flexibility index (Phi) is 5.20. The molecule has 0 aliphatic rings. The molecule has 1 N–H and O–H groups in total. The molecule has 0 aliphatic heterocycles. The second-order valence-corrected chi connectivity index (χ2v) is 6.57. The Morgan fingerprint density at radius 3 is 2.85 bits per heavy atom. The minimum absolute atomic E-state index is 0.0757. The van der Waals surface area contributed by atoms with Crippen molar-refractivity contribution in [2.24, 2.45) is 0 Å². The van der Waals surface area contributed by atoms with Crippen LogP contribution < -0.4 is 5.32 Å². The van der Waals surface area contributed by atoms with E-state index in [1.54, 1.807) is 23.2 Å². The minimum atomic E-state index is 0.0757. The lowest BCUT2D eigenvalue weighted by atomic mass is 10.2. The Morgan fingerprint density at radius 2 is 2.20 bits per heavy atom. The van der Waals surface area contributed by atoms with Crippen LogP contribution in [0.15, 0.2) is 40.2 Å². The second kappa shape index (κ2) is 6.90. The Hall–Kier alpha value is -1.33. The van der Waals surface area contributed by atoms with E-state index in [0.717, 1.165) is 22.3 Å². The van der Waals surface area contributed by atoms with Crippen molar-refractivity contribution >= 4 is 38.9 Å². The largest absolute Gasteiger partial charge is 0.380 e. The Morgan fingerprint density at radius 1 is 1.40 bits per heavy atom. The highest BCUT2D eigenvalue weighted by Gasteiger charge is 2.04. The van der Waals surface area contributed by atoms with Gasteiger partial charge in [-0.2, -0.15) is 0 Å². The first-order chi connectivity index (χ1) is 9.54. The van der Waals surface area contributed by atoms with Crippen LogP contribution in [0.5, 0.6) is 0 Å². The van der Waals surface area contributed by atoms with Gasteiger partial charge in [-0.25, -0.2) is 0 Å². The fourth-order valence-corrected chi connectivity index (χ4v) is 3.19. The van der Waals surface area contributed by atoms with E-state index < -0.39 is 0 Å². The summed E-state index contributed by atoms with van der Waals surface area (Å²) in [6.45, 7) is 3.02. The van der Waals surface area contributed by atoms with Crippen LogP contribution in [0.1, 0.15) is 17.4 Å². The molecule has 0 radical (unpaired) electrons. The van der Waals surface area contributed by atoms with E-state index in [2.05, 4.69) is 38.8 Å². The number of amides is 1. The Balaban J connectivity index is 1.97. The van der Waals surface area contributed by atoms with Crippen LogP contribution in [-0.4, -0.2) is 17.9 Å². The van der Waals surface area contributed by atoms with Crippen molar-refractivity contribution in [3.63, 3.8) is 0 Å². The van der Waals surface area contributed by atoms with Gasteiger partial charge in [-0.05, 0) is 39.7 Å². The van der Waals surface area contributed by atoms with E-state index in [1.807, 2.05) is 25.2 Å². The Bertz CT molecular complexity index is 597. The van der Waals surface area contributed by atoms with E-state index >= 15 is 0 Å². The summed E-state index contributed by atoms with van der Waals surface area (Å²) in [4.78, 5) is 14.2. The number of carbonyl (C=O) groups is 1. The smallest absolute Gasteiger partial charge is 0.219 e. The van der Waals surface area contributed by atoms with Gasteiger partial charge < -0.3 is 10.2 Å². The Labute approximate surface area is 131 Å². The SMILES string of the molecule is CC(=O)N(C)Cc1cccc(NCc2cc(Br)cs2)c1. The number of halogens is 1. The van der Waals surface area contributed by atoms with E-state index in [-0.39, 0.29) is 5.91 Å². The number of anilines is 1. The molecule has 20 heavy (non-hydrogen) atoms. The molecule has 0 spiro atoms. The van der Waals surface area contributed by atoms with Gasteiger partial charge in [0.1, 0.15) is 0 Å². The van der Waals surface area contributed by atoms with Crippen LogP contribution >= 0.6 is 27.3 Å². The van der Waals surface area contributed by atoms with Crippen molar-refractivity contribution in [2.75, 3.05) is 12.4 Å². The highest BCUT2D eigenvalue weighted by atomic mass is 79.9. The van der Waals surface area contributed by atoms with Crippen LogP contribution in [0.25, 0.3) is 0 Å². The summed E-state index contributed by atoms with van der Waals surface area (Å²) >= 11 is 5.18. The third-order valence-electron chi connectivity index (χ3n) is 2.97. The van der Waals surface area contributed by atoms with E-state index in [9.17, 15) is 4.79 Å². The van der Waals surface area contributed by atoms with Crippen molar-refractivity contribution in [1.29, 1.82) is 0 Å². The van der Waals surface area contributed by atoms with Gasteiger partial charge in [0.2, 0.25) is 5.91 Å². The summed E-state index contributed by atoms with van der Waals surface area (Å²) in [5.41, 5.74) is 2.20. The van der Waals surface area contributed by atoms with Crippen molar-refractivity contribution in [1.82, 2.24) is 4.90 Å². The lowest BCUT2D eigenvalue weighted by molar-refractivity contribution is -0.128. The van der Waals surface area contributed by atoms with Crippen molar-refractivity contribution in [3.05, 3.63) is 50.6 Å². The lowest BCUT2D eigenvalue weighted by Gasteiger charge is -2.15. The van der Waals surface area contributed by atoms with Crippen LogP contribution in [0.2, 0.25) is 0 Å². The van der Waals surface area contributed by atoms with Crippen LogP contribution in [0.4, 0.5) is 5.69 Å². The van der Waals surface area contributed by atoms with Crippen molar-refractivity contribution in [3.8, 4) is 0 Å². The molecule has 5 heteroatoms. The fraction of sp³-hybridized carbons (Fsp3) is 0.267. The number of nitrogens with one attached hydrogen (secondary N) is 1. The molecule has 0 atom stereocenters. The van der Waals surface area contributed by atoms with Crippen molar-refractivity contribution < 1.29 is 4.79 Å². The molecule has 0 saturated carbocycles. The number of hydrogen-bond donors (Lipinski definition) is 1. The highest BCUT2D eigenvalue weighted by molar-refractivity contribution is 9.10. The monoisotopic (exact) mass is 352 g/mol. The molecule has 0 unspecified atom stereocenters. The van der Waals surface area contributed by atoms with Gasteiger partial charge in [0.05, 0.1) is 0 Å².